The van der Waals surface area contributed by atoms with Gasteiger partial charge in [0.25, 0.3) is 0 Å². The van der Waals surface area contributed by atoms with Crippen molar-refractivity contribution in [2.45, 2.75) is 39.8 Å². The van der Waals surface area contributed by atoms with Gasteiger partial charge in [0.15, 0.2) is 0 Å². The fourth-order valence-electron chi connectivity index (χ4n) is 0.774. The number of hydrogen-bond acceptors (Lipinski definition) is 2. The molecule has 0 radical (unpaired) electrons. The normalized spacial score (nSPS) is 14.2. The van der Waals surface area contributed by atoms with Crippen LogP contribution in [-0.4, -0.2) is 18.4 Å². The maximum Gasteiger partial charge on any atom is 0.137 e. The number of rotatable bonds is 4. The molecule has 0 heterocycles. The van der Waals surface area contributed by atoms with Gasteiger partial charge in [-0.15, -0.1) is 0 Å². The van der Waals surface area contributed by atoms with Crippen LogP contribution in [-0.2, 0) is 4.79 Å². The zero-order chi connectivity index (χ0) is 8.15. The minimum Gasteiger partial charge on any atom is -0.305 e. The van der Waals surface area contributed by atoms with E-state index in [1.165, 1.54) is 0 Å². The van der Waals surface area contributed by atoms with E-state index in [1.807, 2.05) is 27.7 Å². The van der Waals surface area contributed by atoms with E-state index in [2.05, 4.69) is 5.32 Å². The van der Waals surface area contributed by atoms with Crippen LogP contribution in [0.1, 0.15) is 27.7 Å². The third-order valence-corrected chi connectivity index (χ3v) is 1.39. The molecule has 0 aromatic carbocycles. The summed E-state index contributed by atoms with van der Waals surface area (Å²) in [5.74, 6) is 0.389. The molecule has 0 aromatic heterocycles. The fourth-order valence-corrected chi connectivity index (χ4v) is 0.774. The molecule has 1 N–H and O–H groups in total. The van der Waals surface area contributed by atoms with Crippen LogP contribution >= 0.6 is 0 Å². The first-order chi connectivity index (χ1) is 4.57. The number of carbonyl (C=O) groups is 1. The van der Waals surface area contributed by atoms with Crippen molar-refractivity contribution in [3.05, 3.63) is 0 Å². The van der Waals surface area contributed by atoms with E-state index in [0.717, 1.165) is 6.29 Å². The van der Waals surface area contributed by atoms with Crippen molar-refractivity contribution in [2.24, 2.45) is 5.92 Å². The van der Waals surface area contributed by atoms with Gasteiger partial charge < -0.3 is 10.1 Å². The highest BCUT2D eigenvalue weighted by Crippen LogP contribution is 1.98. The Morgan fingerprint density at radius 2 is 1.70 bits per heavy atom. The molecule has 0 amide bonds. The first-order valence-electron chi connectivity index (χ1n) is 3.79. The van der Waals surface area contributed by atoms with E-state index in [1.54, 1.807) is 0 Å². The molecular formula is C8H17NO. The van der Waals surface area contributed by atoms with E-state index in [9.17, 15) is 4.79 Å². The van der Waals surface area contributed by atoms with Gasteiger partial charge in [0.1, 0.15) is 6.29 Å². The van der Waals surface area contributed by atoms with Crippen LogP contribution in [0.5, 0.6) is 0 Å². The Hall–Kier alpha value is -0.370. The van der Waals surface area contributed by atoms with Crippen molar-refractivity contribution < 1.29 is 4.79 Å². The zero-order valence-corrected chi connectivity index (χ0v) is 7.22. The Morgan fingerprint density at radius 1 is 1.20 bits per heavy atom. The van der Waals surface area contributed by atoms with Crippen molar-refractivity contribution >= 4 is 6.29 Å². The summed E-state index contributed by atoms with van der Waals surface area (Å²) in [5, 5.41) is 3.16. The van der Waals surface area contributed by atoms with Crippen LogP contribution in [0.15, 0.2) is 0 Å². The molecule has 0 aliphatic carbocycles. The maximum absolute atomic E-state index is 10.4. The van der Waals surface area contributed by atoms with Gasteiger partial charge >= 0.3 is 0 Å². The number of aldehydes is 1. The van der Waals surface area contributed by atoms with Crippen LogP contribution in [0.2, 0.25) is 0 Å². The van der Waals surface area contributed by atoms with Gasteiger partial charge in [-0.25, -0.2) is 0 Å². The summed E-state index contributed by atoms with van der Waals surface area (Å²) in [5.41, 5.74) is 0. The second kappa shape index (κ2) is 4.45. The van der Waals surface area contributed by atoms with Crippen molar-refractivity contribution in [1.29, 1.82) is 0 Å². The minimum absolute atomic E-state index is 0.0139. The lowest BCUT2D eigenvalue weighted by molar-refractivity contribution is -0.110. The molecule has 2 heteroatoms. The van der Waals surface area contributed by atoms with Crippen LogP contribution in [0, 0.1) is 5.92 Å². The van der Waals surface area contributed by atoms with Crippen molar-refractivity contribution in [1.82, 2.24) is 5.32 Å². The quantitative estimate of drug-likeness (QED) is 0.599. The summed E-state index contributed by atoms with van der Waals surface area (Å²) < 4.78 is 0. The molecule has 10 heavy (non-hydrogen) atoms. The standard InChI is InChI=1S/C8H17NO/c1-6(2)8(5-10)9-7(3)4/h5-9H,1-4H3. The molecule has 0 spiro atoms. The van der Waals surface area contributed by atoms with Gasteiger partial charge in [0.2, 0.25) is 0 Å². The Balaban J connectivity index is 3.71. The lowest BCUT2D eigenvalue weighted by atomic mass is 10.1. The smallest absolute Gasteiger partial charge is 0.137 e. The molecule has 0 aliphatic heterocycles. The highest BCUT2D eigenvalue weighted by atomic mass is 16.1. The summed E-state index contributed by atoms with van der Waals surface area (Å²) in [6.45, 7) is 8.15. The van der Waals surface area contributed by atoms with E-state index in [4.69, 9.17) is 0 Å². The van der Waals surface area contributed by atoms with Crippen molar-refractivity contribution in [3.63, 3.8) is 0 Å². The molecule has 1 unspecified atom stereocenters. The van der Waals surface area contributed by atoms with Crippen LogP contribution in [0.3, 0.4) is 0 Å². The molecule has 0 rings (SSSR count). The van der Waals surface area contributed by atoms with Crippen LogP contribution in [0.4, 0.5) is 0 Å². The summed E-state index contributed by atoms with van der Waals surface area (Å²) >= 11 is 0. The van der Waals surface area contributed by atoms with E-state index in [-0.39, 0.29) is 6.04 Å². The van der Waals surface area contributed by atoms with E-state index < -0.39 is 0 Å². The first kappa shape index (κ1) is 9.63. The van der Waals surface area contributed by atoms with E-state index in [0.29, 0.717) is 12.0 Å². The fraction of sp³-hybridized carbons (Fsp3) is 0.875. The largest absolute Gasteiger partial charge is 0.305 e. The SMILES string of the molecule is CC(C)NC(C=O)C(C)C. The highest BCUT2D eigenvalue weighted by Gasteiger charge is 2.11. The van der Waals surface area contributed by atoms with Gasteiger partial charge in [0.05, 0.1) is 6.04 Å². The number of hydrogen-bond donors (Lipinski definition) is 1. The molecule has 0 aromatic rings. The highest BCUT2D eigenvalue weighted by molar-refractivity contribution is 5.57. The maximum atomic E-state index is 10.4. The molecule has 0 bridgehead atoms. The molecule has 60 valence electrons. The van der Waals surface area contributed by atoms with Crippen molar-refractivity contribution in [2.75, 3.05) is 0 Å². The van der Waals surface area contributed by atoms with Gasteiger partial charge in [-0.1, -0.05) is 27.7 Å². The Kier molecular flexibility index (Phi) is 4.28. The molecule has 1 atom stereocenters. The molecule has 0 saturated carbocycles. The summed E-state index contributed by atoms with van der Waals surface area (Å²) in [6.07, 6.45) is 0.977. The monoisotopic (exact) mass is 143 g/mol. The second-order valence-electron chi connectivity index (χ2n) is 3.23. The average Bonchev–Trinajstić information content (AvgIpc) is 1.81. The predicted molar refractivity (Wildman–Crippen MR) is 43.0 cm³/mol. The van der Waals surface area contributed by atoms with E-state index >= 15 is 0 Å². The topological polar surface area (TPSA) is 29.1 Å². The third-order valence-electron chi connectivity index (χ3n) is 1.39. The molecule has 2 nitrogen and oxygen atoms in total. The Labute approximate surface area is 63.0 Å². The van der Waals surface area contributed by atoms with Crippen LogP contribution < -0.4 is 5.32 Å². The average molecular weight is 143 g/mol. The summed E-state index contributed by atoms with van der Waals surface area (Å²) in [7, 11) is 0. The Morgan fingerprint density at radius 3 is 1.80 bits per heavy atom. The predicted octanol–water partition coefficient (Wildman–Crippen LogP) is 1.21. The molecule has 0 fully saturated rings. The minimum atomic E-state index is 0.0139. The lowest BCUT2D eigenvalue weighted by Crippen LogP contribution is -2.39. The summed E-state index contributed by atoms with van der Waals surface area (Å²) in [4.78, 5) is 10.4. The molecule has 0 aliphatic rings. The van der Waals surface area contributed by atoms with Gasteiger partial charge in [-0.05, 0) is 5.92 Å². The van der Waals surface area contributed by atoms with Gasteiger partial charge in [0, 0.05) is 6.04 Å². The van der Waals surface area contributed by atoms with Gasteiger partial charge in [-0.3, -0.25) is 0 Å². The first-order valence-corrected chi connectivity index (χ1v) is 3.79. The second-order valence-corrected chi connectivity index (χ2v) is 3.23. The number of nitrogens with one attached hydrogen (secondary N) is 1. The molecular weight excluding hydrogens is 126 g/mol. The zero-order valence-electron chi connectivity index (χ0n) is 7.22. The lowest BCUT2D eigenvalue weighted by Gasteiger charge is -2.18. The van der Waals surface area contributed by atoms with Gasteiger partial charge in [-0.2, -0.15) is 0 Å². The summed E-state index contributed by atoms with van der Waals surface area (Å²) in [6, 6.07) is 0.401. The van der Waals surface area contributed by atoms with Crippen molar-refractivity contribution in [3.8, 4) is 0 Å². The third kappa shape index (κ3) is 3.62. The Bertz CT molecular complexity index is 99.4. The van der Waals surface area contributed by atoms with Crippen LogP contribution in [0.25, 0.3) is 0 Å². The molecule has 0 saturated heterocycles. The number of carbonyl (C=O) groups excluding carboxylic acids is 1.